The zero-order valence-electron chi connectivity index (χ0n) is 29.3. The second-order valence-electron chi connectivity index (χ2n) is 14.0. The normalized spacial score (nSPS) is 17.4. The number of likely N-dealkylation sites (N-methyl/N-ethyl adjacent to an activating group) is 1. The summed E-state index contributed by atoms with van der Waals surface area (Å²) in [6, 6.07) is 14.6. The van der Waals surface area contributed by atoms with E-state index in [2.05, 4.69) is 15.1 Å². The molecule has 48 heavy (non-hydrogen) atoms. The van der Waals surface area contributed by atoms with Gasteiger partial charge in [0.1, 0.15) is 12.4 Å². The minimum Gasteiger partial charge on any atom is -0.494 e. The third-order valence-electron chi connectivity index (χ3n) is 9.21. The summed E-state index contributed by atoms with van der Waals surface area (Å²) < 4.78 is 17.4. The fourth-order valence-corrected chi connectivity index (χ4v) is 6.57. The average molecular weight is 659 g/mol. The number of likely N-dealkylation sites (tertiary alicyclic amines) is 1. The van der Waals surface area contributed by atoms with Crippen molar-refractivity contribution in [1.82, 2.24) is 14.7 Å². The minimum atomic E-state index is -0.813. The van der Waals surface area contributed by atoms with E-state index >= 15 is 0 Å². The number of hydrogen-bond acceptors (Lipinski definition) is 8. The number of nitrogens with zero attached hydrogens (tertiary/aromatic N) is 3. The van der Waals surface area contributed by atoms with Crippen LogP contribution in [-0.2, 0) is 14.9 Å². The van der Waals surface area contributed by atoms with Crippen LogP contribution in [0, 0.1) is 0 Å². The predicted octanol–water partition coefficient (Wildman–Crippen LogP) is 5.23. The highest BCUT2D eigenvalue weighted by atomic mass is 16.5. The number of Topliss-reactive ketones (excluding diaryl/α,β-unsaturated/α-hetero) is 1. The molecule has 2 heterocycles. The van der Waals surface area contributed by atoms with E-state index in [0.29, 0.717) is 35.5 Å². The third kappa shape index (κ3) is 8.17. The first-order valence-corrected chi connectivity index (χ1v) is 17.0. The third-order valence-corrected chi connectivity index (χ3v) is 9.21. The Bertz CT molecular complexity index is 1630. The number of amides is 2. The fraction of sp³-hybridized carbons (Fsp3) is 0.500. The lowest BCUT2D eigenvalue weighted by Crippen LogP contribution is -2.48. The van der Waals surface area contributed by atoms with Gasteiger partial charge in [-0.2, -0.15) is 0 Å². The molecule has 2 amide bonds. The molecule has 0 radical (unpaired) electrons. The number of ketones is 1. The van der Waals surface area contributed by atoms with Gasteiger partial charge in [-0.3, -0.25) is 19.3 Å². The predicted molar refractivity (Wildman–Crippen MR) is 189 cm³/mol. The molecule has 2 saturated heterocycles. The standard InChI is InChI=1S/C38H50N4O6/c1-38(2,3)26-23-31(37(45)42-16-10-9-11-27(42)25-40(4)5)35(46-6)32(24-26)39-36(44)34(43)30-14-15-33(29-13-8-7-12-28(29)30)48-22-19-41-17-20-47-21-18-41/h7-8,12-15,23-24,27H,9-11,16-22,25H2,1-6H3,(H,39,44). The quantitative estimate of drug-likeness (QED) is 0.221. The Morgan fingerprint density at radius 2 is 1.69 bits per heavy atom. The Hall–Kier alpha value is -3.99. The maximum Gasteiger partial charge on any atom is 0.296 e. The van der Waals surface area contributed by atoms with Crippen LogP contribution in [0.25, 0.3) is 10.8 Å². The van der Waals surface area contributed by atoms with Gasteiger partial charge in [0.25, 0.3) is 17.6 Å². The number of ether oxygens (including phenoxy) is 3. The van der Waals surface area contributed by atoms with Crippen LogP contribution in [0.1, 0.15) is 66.3 Å². The van der Waals surface area contributed by atoms with E-state index in [-0.39, 0.29) is 28.7 Å². The van der Waals surface area contributed by atoms with Gasteiger partial charge in [-0.1, -0.05) is 45.0 Å². The Morgan fingerprint density at radius 1 is 0.958 bits per heavy atom. The summed E-state index contributed by atoms with van der Waals surface area (Å²) in [4.78, 5) is 48.1. The molecule has 1 N–H and O–H groups in total. The summed E-state index contributed by atoms with van der Waals surface area (Å²) in [7, 11) is 5.51. The molecule has 0 saturated carbocycles. The topological polar surface area (TPSA) is 101 Å². The summed E-state index contributed by atoms with van der Waals surface area (Å²) in [6.45, 7) is 12.0. The van der Waals surface area contributed by atoms with Crippen LogP contribution in [0.4, 0.5) is 5.69 Å². The van der Waals surface area contributed by atoms with E-state index in [1.54, 1.807) is 18.2 Å². The Morgan fingerprint density at radius 3 is 2.38 bits per heavy atom. The van der Waals surface area contributed by atoms with Gasteiger partial charge in [-0.05, 0) is 74.0 Å². The number of nitrogens with one attached hydrogen (secondary N) is 1. The van der Waals surface area contributed by atoms with E-state index in [1.807, 2.05) is 70.1 Å². The SMILES string of the molecule is COc1c(NC(=O)C(=O)c2ccc(OCCN3CCOCC3)c3ccccc23)cc(C(C)(C)C)cc1C(=O)N1CCCCC1CN(C)C. The molecule has 10 nitrogen and oxygen atoms in total. The number of carbonyl (C=O) groups excluding carboxylic acids is 3. The van der Waals surface area contributed by atoms with Crippen LogP contribution in [-0.4, -0.2) is 112 Å². The Kier molecular flexibility index (Phi) is 11.4. The monoisotopic (exact) mass is 658 g/mol. The highest BCUT2D eigenvalue weighted by Gasteiger charge is 2.32. The number of hydrogen-bond donors (Lipinski definition) is 1. The van der Waals surface area contributed by atoms with E-state index in [0.717, 1.165) is 69.6 Å². The smallest absolute Gasteiger partial charge is 0.296 e. The summed E-state index contributed by atoms with van der Waals surface area (Å²) in [5, 5.41) is 4.21. The summed E-state index contributed by atoms with van der Waals surface area (Å²) in [5.41, 5.74) is 1.44. The fourth-order valence-electron chi connectivity index (χ4n) is 6.57. The largest absolute Gasteiger partial charge is 0.494 e. The molecular formula is C38H50N4O6. The van der Waals surface area contributed by atoms with E-state index in [4.69, 9.17) is 14.2 Å². The number of rotatable bonds is 11. The van der Waals surface area contributed by atoms with Gasteiger partial charge in [-0.25, -0.2) is 0 Å². The maximum atomic E-state index is 14.2. The highest BCUT2D eigenvalue weighted by Crippen LogP contribution is 2.37. The van der Waals surface area contributed by atoms with Gasteiger partial charge in [0, 0.05) is 49.7 Å². The lowest BCUT2D eigenvalue weighted by molar-refractivity contribution is -0.112. The van der Waals surface area contributed by atoms with Crippen molar-refractivity contribution >= 4 is 34.1 Å². The zero-order valence-corrected chi connectivity index (χ0v) is 29.3. The average Bonchev–Trinajstić information content (AvgIpc) is 3.07. The van der Waals surface area contributed by atoms with Crippen molar-refractivity contribution in [2.45, 2.75) is 51.5 Å². The van der Waals surface area contributed by atoms with Crippen molar-refractivity contribution in [2.24, 2.45) is 0 Å². The van der Waals surface area contributed by atoms with Crippen molar-refractivity contribution in [3.8, 4) is 11.5 Å². The molecule has 5 rings (SSSR count). The van der Waals surface area contributed by atoms with Crippen LogP contribution in [0.5, 0.6) is 11.5 Å². The van der Waals surface area contributed by atoms with Crippen molar-refractivity contribution < 1.29 is 28.6 Å². The van der Waals surface area contributed by atoms with E-state index in [1.165, 1.54) is 7.11 Å². The minimum absolute atomic E-state index is 0.0727. The molecule has 1 atom stereocenters. The molecule has 0 bridgehead atoms. The first-order chi connectivity index (χ1) is 23.0. The van der Waals surface area contributed by atoms with Crippen molar-refractivity contribution in [3.63, 3.8) is 0 Å². The summed E-state index contributed by atoms with van der Waals surface area (Å²) in [5.74, 6) is -0.737. The Labute approximate surface area is 284 Å². The van der Waals surface area contributed by atoms with E-state index < -0.39 is 11.7 Å². The molecule has 0 aliphatic carbocycles. The second kappa shape index (κ2) is 15.5. The first-order valence-electron chi connectivity index (χ1n) is 17.0. The second-order valence-corrected chi connectivity index (χ2v) is 14.0. The Balaban J connectivity index is 1.42. The van der Waals surface area contributed by atoms with Crippen LogP contribution in [0.15, 0.2) is 48.5 Å². The van der Waals surface area contributed by atoms with Crippen LogP contribution < -0.4 is 14.8 Å². The number of carbonyl (C=O) groups is 3. The van der Waals surface area contributed by atoms with Crippen LogP contribution in [0.2, 0.25) is 0 Å². The first kappa shape index (κ1) is 35.3. The number of benzene rings is 3. The molecular weight excluding hydrogens is 608 g/mol. The van der Waals surface area contributed by atoms with Crippen molar-refractivity contribution in [2.75, 3.05) is 79.1 Å². The molecule has 2 fully saturated rings. The lowest BCUT2D eigenvalue weighted by atomic mass is 9.85. The van der Waals surface area contributed by atoms with Gasteiger partial charge in [-0.15, -0.1) is 0 Å². The van der Waals surface area contributed by atoms with Gasteiger partial charge in [0.15, 0.2) is 5.75 Å². The molecule has 0 aromatic heterocycles. The highest BCUT2D eigenvalue weighted by molar-refractivity contribution is 6.48. The number of piperidine rings is 1. The number of anilines is 1. The molecule has 3 aromatic carbocycles. The van der Waals surface area contributed by atoms with Gasteiger partial charge in [0.05, 0.1) is 31.6 Å². The molecule has 1 unspecified atom stereocenters. The molecule has 10 heteroatoms. The summed E-state index contributed by atoms with van der Waals surface area (Å²) in [6.07, 6.45) is 2.93. The maximum absolute atomic E-state index is 14.2. The zero-order chi connectivity index (χ0) is 34.4. The molecule has 258 valence electrons. The van der Waals surface area contributed by atoms with Crippen molar-refractivity contribution in [3.05, 3.63) is 65.2 Å². The van der Waals surface area contributed by atoms with Gasteiger partial charge in [0.2, 0.25) is 0 Å². The van der Waals surface area contributed by atoms with Crippen LogP contribution >= 0.6 is 0 Å². The van der Waals surface area contributed by atoms with E-state index in [9.17, 15) is 14.4 Å². The number of morpholine rings is 1. The summed E-state index contributed by atoms with van der Waals surface area (Å²) >= 11 is 0. The van der Waals surface area contributed by atoms with Gasteiger partial charge < -0.3 is 29.3 Å². The van der Waals surface area contributed by atoms with Gasteiger partial charge >= 0.3 is 0 Å². The number of methoxy groups -OCH3 is 1. The lowest BCUT2D eigenvalue weighted by Gasteiger charge is -2.38. The molecule has 2 aliphatic rings. The molecule has 0 spiro atoms. The van der Waals surface area contributed by atoms with Crippen LogP contribution in [0.3, 0.4) is 0 Å². The molecule has 2 aliphatic heterocycles. The van der Waals surface area contributed by atoms with Crippen molar-refractivity contribution in [1.29, 1.82) is 0 Å². The molecule has 3 aromatic rings. The number of fused-ring (bicyclic) bond motifs is 1.